The molecule has 2 N–H and O–H groups in total. The van der Waals surface area contributed by atoms with Crippen LogP contribution in [0.1, 0.15) is 18.8 Å². The number of rotatable bonds is 3. The van der Waals surface area contributed by atoms with Gasteiger partial charge in [0.2, 0.25) is 5.91 Å². The van der Waals surface area contributed by atoms with Crippen LogP contribution in [0.25, 0.3) is 20.7 Å². The summed E-state index contributed by atoms with van der Waals surface area (Å²) in [6, 6.07) is 3.87. The van der Waals surface area contributed by atoms with Gasteiger partial charge in [-0.25, -0.2) is 4.98 Å². The van der Waals surface area contributed by atoms with Crippen LogP contribution in [0.15, 0.2) is 27.7 Å². The molecule has 0 bridgehead atoms. The first-order valence-electron chi connectivity index (χ1n) is 7.69. The zero-order valence-corrected chi connectivity index (χ0v) is 14.7. The third kappa shape index (κ3) is 2.66. The molecule has 1 fully saturated rings. The van der Waals surface area contributed by atoms with Gasteiger partial charge in [-0.2, -0.15) is 0 Å². The van der Waals surface area contributed by atoms with Gasteiger partial charge in [-0.3, -0.25) is 14.5 Å². The smallest absolute Gasteiger partial charge is 0.260 e. The number of piperazine rings is 1. The molecule has 0 unspecified atom stereocenters. The Kier molecular flexibility index (Phi) is 3.95. The molecule has 0 saturated carbocycles. The Balaban J connectivity index is 1.73. The van der Waals surface area contributed by atoms with Crippen LogP contribution in [0.2, 0.25) is 0 Å². The van der Waals surface area contributed by atoms with Gasteiger partial charge in [-0.1, -0.05) is 6.07 Å². The number of amides is 1. The van der Waals surface area contributed by atoms with E-state index in [2.05, 4.69) is 15.3 Å². The Bertz CT molecular complexity index is 945. The lowest BCUT2D eigenvalue weighted by Gasteiger charge is -2.31. The molecule has 1 atom stereocenters. The van der Waals surface area contributed by atoms with Gasteiger partial charge >= 0.3 is 0 Å². The molecule has 8 heteroatoms. The normalized spacial score (nSPS) is 17.1. The van der Waals surface area contributed by atoms with E-state index in [-0.39, 0.29) is 17.5 Å². The fraction of sp³-hybridized carbons (Fsp3) is 0.312. The molecular weight excluding hydrogens is 344 g/mol. The lowest BCUT2D eigenvalue weighted by molar-refractivity contribution is -0.124. The average Bonchev–Trinajstić information content (AvgIpc) is 3.23. The average molecular weight is 360 g/mol. The number of hydrogen-bond acceptors (Lipinski definition) is 6. The van der Waals surface area contributed by atoms with Gasteiger partial charge in [-0.15, -0.1) is 22.7 Å². The van der Waals surface area contributed by atoms with Crippen LogP contribution in [0, 0.1) is 0 Å². The summed E-state index contributed by atoms with van der Waals surface area (Å²) < 4.78 is 0. The predicted molar refractivity (Wildman–Crippen MR) is 96.6 cm³/mol. The van der Waals surface area contributed by atoms with Crippen molar-refractivity contribution in [1.29, 1.82) is 0 Å². The quantitative estimate of drug-likeness (QED) is 0.751. The molecule has 4 rings (SSSR count). The van der Waals surface area contributed by atoms with Gasteiger partial charge in [0.05, 0.1) is 18.0 Å². The summed E-state index contributed by atoms with van der Waals surface area (Å²) in [4.78, 5) is 35.6. The van der Waals surface area contributed by atoms with Crippen LogP contribution in [0.5, 0.6) is 0 Å². The molecule has 1 aliphatic heterocycles. The molecule has 4 heterocycles. The van der Waals surface area contributed by atoms with Crippen LogP contribution in [0.3, 0.4) is 0 Å². The highest BCUT2D eigenvalue weighted by Gasteiger charge is 2.25. The third-order valence-corrected chi connectivity index (χ3v) is 6.04. The summed E-state index contributed by atoms with van der Waals surface area (Å²) in [5, 5.41) is 7.44. The molecule has 24 heavy (non-hydrogen) atoms. The monoisotopic (exact) mass is 360 g/mol. The van der Waals surface area contributed by atoms with Crippen LogP contribution in [-0.2, 0) is 4.79 Å². The summed E-state index contributed by atoms with van der Waals surface area (Å²) >= 11 is 3.09. The summed E-state index contributed by atoms with van der Waals surface area (Å²) in [5.41, 5.74) is 0.822. The number of aromatic nitrogens is 2. The van der Waals surface area contributed by atoms with E-state index in [4.69, 9.17) is 0 Å². The molecular formula is C16H16N4O2S2. The number of thiophene rings is 2. The number of carbonyl (C=O) groups excluding carboxylic acids is 1. The minimum Gasteiger partial charge on any atom is -0.354 e. The maximum atomic E-state index is 12.6. The fourth-order valence-corrected chi connectivity index (χ4v) is 4.71. The zero-order valence-electron chi connectivity index (χ0n) is 13.0. The maximum Gasteiger partial charge on any atom is 0.260 e. The number of aromatic amines is 1. The van der Waals surface area contributed by atoms with E-state index >= 15 is 0 Å². The van der Waals surface area contributed by atoms with Crippen molar-refractivity contribution in [3.63, 3.8) is 0 Å². The Labute approximate surface area is 146 Å². The Morgan fingerprint density at radius 1 is 1.33 bits per heavy atom. The van der Waals surface area contributed by atoms with Crippen molar-refractivity contribution >= 4 is 38.8 Å². The number of carbonyl (C=O) groups is 1. The van der Waals surface area contributed by atoms with E-state index < -0.39 is 0 Å². The van der Waals surface area contributed by atoms with E-state index in [1.54, 1.807) is 11.3 Å². The van der Waals surface area contributed by atoms with Crippen molar-refractivity contribution in [2.45, 2.75) is 13.0 Å². The van der Waals surface area contributed by atoms with Gasteiger partial charge in [0.1, 0.15) is 10.7 Å². The van der Waals surface area contributed by atoms with Gasteiger partial charge < -0.3 is 10.3 Å². The van der Waals surface area contributed by atoms with Crippen LogP contribution < -0.4 is 10.9 Å². The maximum absolute atomic E-state index is 12.6. The lowest BCUT2D eigenvalue weighted by atomic mass is 10.2. The number of nitrogens with one attached hydrogen (secondary N) is 2. The van der Waals surface area contributed by atoms with Gasteiger partial charge in [0, 0.05) is 28.9 Å². The van der Waals surface area contributed by atoms with E-state index in [9.17, 15) is 9.59 Å². The second-order valence-corrected chi connectivity index (χ2v) is 7.56. The van der Waals surface area contributed by atoms with Crippen molar-refractivity contribution in [3.05, 3.63) is 39.1 Å². The predicted octanol–water partition coefficient (Wildman–Crippen LogP) is 2.21. The molecule has 3 aromatic heterocycles. The van der Waals surface area contributed by atoms with Crippen molar-refractivity contribution in [2.75, 3.05) is 19.6 Å². The van der Waals surface area contributed by atoms with Crippen molar-refractivity contribution in [2.24, 2.45) is 0 Å². The van der Waals surface area contributed by atoms with E-state index in [1.807, 2.05) is 34.7 Å². The largest absolute Gasteiger partial charge is 0.354 e. The molecule has 3 aromatic rings. The standard InChI is InChI=1S/C16H16N4O2S2/c1-9(20-5-4-17-12(21)7-20)14-18-15(22)13-10(8-24-16(13)19-14)11-3-2-6-23-11/h2-3,6,8-9H,4-5,7H2,1H3,(H,17,21)(H,18,19,22)/t9-/m1/s1. The minimum absolute atomic E-state index is 0.00707. The van der Waals surface area contributed by atoms with Crippen molar-refractivity contribution < 1.29 is 4.79 Å². The first-order valence-corrected chi connectivity index (χ1v) is 9.45. The second-order valence-electron chi connectivity index (χ2n) is 5.75. The summed E-state index contributed by atoms with van der Waals surface area (Å²) in [7, 11) is 0. The topological polar surface area (TPSA) is 78.1 Å². The van der Waals surface area contributed by atoms with E-state index in [0.717, 1.165) is 21.8 Å². The number of fused-ring (bicyclic) bond motifs is 1. The first-order chi connectivity index (χ1) is 11.6. The molecule has 6 nitrogen and oxygen atoms in total. The van der Waals surface area contributed by atoms with E-state index in [0.29, 0.717) is 24.3 Å². The second kappa shape index (κ2) is 6.12. The minimum atomic E-state index is -0.118. The third-order valence-electron chi connectivity index (χ3n) is 4.26. The molecule has 1 saturated heterocycles. The lowest BCUT2D eigenvalue weighted by Crippen LogP contribution is -2.48. The zero-order chi connectivity index (χ0) is 16.7. The Morgan fingerprint density at radius 3 is 2.96 bits per heavy atom. The highest BCUT2D eigenvalue weighted by atomic mass is 32.1. The van der Waals surface area contributed by atoms with Crippen LogP contribution >= 0.6 is 22.7 Å². The molecule has 1 amide bonds. The van der Waals surface area contributed by atoms with Crippen LogP contribution in [0.4, 0.5) is 0 Å². The van der Waals surface area contributed by atoms with Crippen molar-refractivity contribution in [3.8, 4) is 10.4 Å². The highest BCUT2D eigenvalue weighted by molar-refractivity contribution is 7.18. The molecule has 0 aliphatic carbocycles. The number of hydrogen-bond donors (Lipinski definition) is 2. The molecule has 124 valence electrons. The molecule has 1 aliphatic rings. The van der Waals surface area contributed by atoms with Crippen LogP contribution in [-0.4, -0.2) is 40.4 Å². The number of nitrogens with zero attached hydrogens (tertiary/aromatic N) is 2. The summed E-state index contributed by atoms with van der Waals surface area (Å²) in [6.45, 7) is 3.67. The summed E-state index contributed by atoms with van der Waals surface area (Å²) in [6.07, 6.45) is 0. The van der Waals surface area contributed by atoms with Crippen molar-refractivity contribution in [1.82, 2.24) is 20.2 Å². The molecule has 0 radical (unpaired) electrons. The number of H-pyrrole nitrogens is 1. The highest BCUT2D eigenvalue weighted by Crippen LogP contribution is 2.34. The Morgan fingerprint density at radius 2 is 2.21 bits per heavy atom. The fourth-order valence-electron chi connectivity index (χ4n) is 2.94. The summed E-state index contributed by atoms with van der Waals surface area (Å²) in [5.74, 6) is 0.620. The van der Waals surface area contributed by atoms with E-state index in [1.165, 1.54) is 11.3 Å². The Hall–Kier alpha value is -2.03. The first kappa shape index (κ1) is 15.5. The SMILES string of the molecule is C[C@H](c1nc2scc(-c3cccs3)c2c(=O)[nH]1)N1CCNC(=O)C1. The van der Waals surface area contributed by atoms with Gasteiger partial charge in [0.15, 0.2) is 0 Å². The molecule has 0 spiro atoms. The molecule has 0 aromatic carbocycles. The van der Waals surface area contributed by atoms with Gasteiger partial charge in [0.25, 0.3) is 5.56 Å². The van der Waals surface area contributed by atoms with Gasteiger partial charge in [-0.05, 0) is 18.4 Å².